The molecule has 1 fully saturated rings. The topological polar surface area (TPSA) is 43.7 Å². The summed E-state index contributed by atoms with van der Waals surface area (Å²) < 4.78 is 0.998. The molecule has 1 aliphatic rings. The average Bonchev–Trinajstić information content (AvgIpc) is 2.48. The summed E-state index contributed by atoms with van der Waals surface area (Å²) in [6.07, 6.45) is 2.62. The minimum Gasteiger partial charge on any atom is -0.396 e. The molecule has 1 aromatic rings. The first-order chi connectivity index (χ1) is 9.58. The fourth-order valence-corrected chi connectivity index (χ4v) is 3.31. The van der Waals surface area contributed by atoms with Gasteiger partial charge in [-0.3, -0.25) is 0 Å². The molecule has 0 aliphatic carbocycles. The molecule has 0 aromatic heterocycles. The second-order valence-corrected chi connectivity index (χ2v) is 6.80. The van der Waals surface area contributed by atoms with Gasteiger partial charge < -0.3 is 15.1 Å². The van der Waals surface area contributed by atoms with Crippen LogP contribution in [0.1, 0.15) is 37.9 Å². The fourth-order valence-electron chi connectivity index (χ4n) is 2.90. The van der Waals surface area contributed by atoms with Crippen molar-refractivity contribution in [1.29, 1.82) is 0 Å². The summed E-state index contributed by atoms with van der Waals surface area (Å²) in [7, 11) is 0. The molecule has 1 unspecified atom stereocenters. The molecule has 1 saturated heterocycles. The lowest BCUT2D eigenvalue weighted by molar-refractivity contribution is 0.0215. The predicted octanol–water partition coefficient (Wildman–Crippen LogP) is 2.97. The maximum absolute atomic E-state index is 10.3. The maximum Gasteiger partial charge on any atom is 0.0917 e. The lowest BCUT2D eigenvalue weighted by Crippen LogP contribution is -2.43. The number of nitrogens with zero attached hydrogens (tertiary/aromatic N) is 1. The zero-order chi connectivity index (χ0) is 14.6. The minimum atomic E-state index is -0.448. The van der Waals surface area contributed by atoms with Crippen molar-refractivity contribution >= 4 is 15.9 Å². The first kappa shape index (κ1) is 16.0. The Hall–Kier alpha value is -0.420. The smallest absolute Gasteiger partial charge is 0.0917 e. The van der Waals surface area contributed by atoms with Crippen molar-refractivity contribution in [3.63, 3.8) is 0 Å². The Kier molecular flexibility index (Phi) is 5.61. The van der Waals surface area contributed by atoms with Gasteiger partial charge in [0.25, 0.3) is 0 Å². The van der Waals surface area contributed by atoms with Gasteiger partial charge in [-0.25, -0.2) is 0 Å². The largest absolute Gasteiger partial charge is 0.396 e. The third-order valence-electron chi connectivity index (χ3n) is 4.67. The van der Waals surface area contributed by atoms with Crippen molar-refractivity contribution in [2.45, 2.75) is 32.3 Å². The molecule has 20 heavy (non-hydrogen) atoms. The number of aliphatic hydroxyl groups is 2. The maximum atomic E-state index is 10.3. The quantitative estimate of drug-likeness (QED) is 0.865. The van der Waals surface area contributed by atoms with E-state index in [1.165, 1.54) is 0 Å². The summed E-state index contributed by atoms with van der Waals surface area (Å²) in [5.74, 6) is 0. The van der Waals surface area contributed by atoms with Crippen LogP contribution >= 0.6 is 15.9 Å². The van der Waals surface area contributed by atoms with Crippen molar-refractivity contribution < 1.29 is 10.2 Å². The Morgan fingerprint density at radius 2 is 2.05 bits per heavy atom. The fraction of sp³-hybridized carbons (Fsp3) is 0.625. The van der Waals surface area contributed by atoms with Crippen LogP contribution in [0.3, 0.4) is 0 Å². The monoisotopic (exact) mass is 341 g/mol. The van der Waals surface area contributed by atoms with Crippen LogP contribution in [0.15, 0.2) is 28.7 Å². The van der Waals surface area contributed by atoms with E-state index in [4.69, 9.17) is 0 Å². The van der Waals surface area contributed by atoms with E-state index in [9.17, 15) is 10.2 Å². The second kappa shape index (κ2) is 7.03. The highest BCUT2D eigenvalue weighted by molar-refractivity contribution is 9.10. The van der Waals surface area contributed by atoms with Crippen molar-refractivity contribution in [3.8, 4) is 0 Å². The van der Waals surface area contributed by atoms with Gasteiger partial charge in [0.05, 0.1) is 6.10 Å². The molecule has 1 aromatic carbocycles. The Morgan fingerprint density at radius 1 is 1.35 bits per heavy atom. The third kappa shape index (κ3) is 3.82. The molecule has 112 valence electrons. The minimum absolute atomic E-state index is 0.108. The molecule has 0 saturated carbocycles. The van der Waals surface area contributed by atoms with E-state index in [1.54, 1.807) is 0 Å². The van der Waals surface area contributed by atoms with Crippen molar-refractivity contribution in [2.24, 2.45) is 5.41 Å². The van der Waals surface area contributed by atoms with E-state index in [0.29, 0.717) is 6.54 Å². The van der Waals surface area contributed by atoms with Gasteiger partial charge in [-0.1, -0.05) is 35.0 Å². The summed E-state index contributed by atoms with van der Waals surface area (Å²) in [5, 5.41) is 19.9. The Labute approximate surface area is 129 Å². The Bertz CT molecular complexity index is 424. The predicted molar refractivity (Wildman–Crippen MR) is 84.6 cm³/mol. The van der Waals surface area contributed by atoms with Gasteiger partial charge in [-0.05, 0) is 55.5 Å². The number of hydrogen-bond acceptors (Lipinski definition) is 3. The van der Waals surface area contributed by atoms with Crippen LogP contribution in [0, 0.1) is 5.41 Å². The van der Waals surface area contributed by atoms with E-state index in [1.807, 2.05) is 24.3 Å². The first-order valence-electron chi connectivity index (χ1n) is 7.35. The molecule has 1 aliphatic heterocycles. The van der Waals surface area contributed by atoms with Gasteiger partial charge in [-0.2, -0.15) is 0 Å². The number of rotatable bonds is 5. The standard InChI is InChI=1S/C16H24BrNO2/c1-2-16(12-19)6-8-18(9-7-16)11-15(20)13-4-3-5-14(17)10-13/h3-5,10,15,19-20H,2,6-9,11-12H2,1H3. The highest BCUT2D eigenvalue weighted by Gasteiger charge is 2.32. The normalized spacial score (nSPS) is 20.8. The van der Waals surface area contributed by atoms with Crippen LogP contribution in [0.25, 0.3) is 0 Å². The van der Waals surface area contributed by atoms with Crippen molar-refractivity contribution in [1.82, 2.24) is 4.90 Å². The summed E-state index contributed by atoms with van der Waals surface area (Å²) in [6.45, 7) is 5.02. The summed E-state index contributed by atoms with van der Waals surface area (Å²) in [6, 6.07) is 7.85. The third-order valence-corrected chi connectivity index (χ3v) is 5.16. The molecule has 0 bridgehead atoms. The lowest BCUT2D eigenvalue weighted by Gasteiger charge is -2.40. The molecule has 0 radical (unpaired) electrons. The van der Waals surface area contributed by atoms with Gasteiger partial charge in [0.15, 0.2) is 0 Å². The first-order valence-corrected chi connectivity index (χ1v) is 8.14. The SMILES string of the molecule is CCC1(CO)CCN(CC(O)c2cccc(Br)c2)CC1. The van der Waals surface area contributed by atoms with Crippen LogP contribution in [0.2, 0.25) is 0 Å². The van der Waals surface area contributed by atoms with Crippen LogP contribution in [0.4, 0.5) is 0 Å². The molecule has 0 spiro atoms. The van der Waals surface area contributed by atoms with Gasteiger partial charge in [0.1, 0.15) is 0 Å². The van der Waals surface area contributed by atoms with Gasteiger partial charge in [0, 0.05) is 17.6 Å². The molecule has 4 heteroatoms. The average molecular weight is 342 g/mol. The van der Waals surface area contributed by atoms with E-state index in [2.05, 4.69) is 27.8 Å². The van der Waals surface area contributed by atoms with Crippen molar-refractivity contribution in [2.75, 3.05) is 26.2 Å². The lowest BCUT2D eigenvalue weighted by atomic mass is 9.77. The van der Waals surface area contributed by atoms with Crippen LogP contribution < -0.4 is 0 Å². The van der Waals surface area contributed by atoms with E-state index < -0.39 is 6.10 Å². The molecule has 1 atom stereocenters. The molecule has 3 nitrogen and oxygen atoms in total. The number of β-amino-alcohol motifs (C(OH)–C–C–N with tert-alkyl or cyclic N) is 1. The number of hydrogen-bond donors (Lipinski definition) is 2. The Balaban J connectivity index is 1.89. The second-order valence-electron chi connectivity index (χ2n) is 5.88. The highest BCUT2D eigenvalue weighted by atomic mass is 79.9. The summed E-state index contributed by atoms with van der Waals surface area (Å²) in [5.41, 5.74) is 1.06. The highest BCUT2D eigenvalue weighted by Crippen LogP contribution is 2.34. The zero-order valence-corrected chi connectivity index (χ0v) is 13.6. The number of likely N-dealkylation sites (tertiary alicyclic amines) is 1. The van der Waals surface area contributed by atoms with Gasteiger partial charge in [-0.15, -0.1) is 0 Å². The number of aliphatic hydroxyl groups excluding tert-OH is 2. The molecular weight excluding hydrogens is 318 g/mol. The number of benzene rings is 1. The number of halogens is 1. The summed E-state index contributed by atoms with van der Waals surface area (Å²) in [4.78, 5) is 2.30. The van der Waals surface area contributed by atoms with Gasteiger partial charge in [0.2, 0.25) is 0 Å². The molecule has 1 heterocycles. The number of piperidine rings is 1. The summed E-state index contributed by atoms with van der Waals surface area (Å²) >= 11 is 3.44. The molecule has 2 N–H and O–H groups in total. The van der Waals surface area contributed by atoms with E-state index in [-0.39, 0.29) is 12.0 Å². The van der Waals surface area contributed by atoms with E-state index in [0.717, 1.165) is 42.4 Å². The van der Waals surface area contributed by atoms with E-state index >= 15 is 0 Å². The molecule has 2 rings (SSSR count). The van der Waals surface area contributed by atoms with Gasteiger partial charge >= 0.3 is 0 Å². The van der Waals surface area contributed by atoms with Crippen LogP contribution in [0.5, 0.6) is 0 Å². The van der Waals surface area contributed by atoms with Crippen molar-refractivity contribution in [3.05, 3.63) is 34.3 Å². The van der Waals surface area contributed by atoms with Crippen LogP contribution in [-0.2, 0) is 0 Å². The molecule has 0 amide bonds. The molecular formula is C16H24BrNO2. The zero-order valence-electron chi connectivity index (χ0n) is 12.1. The Morgan fingerprint density at radius 3 is 2.60 bits per heavy atom. The van der Waals surface area contributed by atoms with Crippen LogP contribution in [-0.4, -0.2) is 41.4 Å².